The van der Waals surface area contributed by atoms with Gasteiger partial charge in [0.05, 0.1) is 17.2 Å². The van der Waals surface area contributed by atoms with E-state index in [0.717, 1.165) is 12.5 Å². The van der Waals surface area contributed by atoms with Crippen molar-refractivity contribution >= 4 is 40.5 Å². The van der Waals surface area contributed by atoms with Crippen molar-refractivity contribution in [1.82, 2.24) is 0 Å². The Morgan fingerprint density at radius 2 is 2.00 bits per heavy atom. The van der Waals surface area contributed by atoms with Crippen LogP contribution in [-0.2, 0) is 0 Å². The monoisotopic (exact) mass is 368 g/mol. The zero-order valence-corrected chi connectivity index (χ0v) is 14.2. The van der Waals surface area contributed by atoms with Gasteiger partial charge in [0.2, 0.25) is 0 Å². The Labute approximate surface area is 148 Å². The predicted octanol–water partition coefficient (Wildman–Crippen LogP) is 4.94. The average Bonchev–Trinajstić information content (AvgIpc) is 2.54. The molecule has 6 nitrogen and oxygen atoms in total. The van der Waals surface area contributed by atoms with Crippen molar-refractivity contribution in [3.63, 3.8) is 0 Å². The molecule has 0 saturated carbocycles. The predicted molar refractivity (Wildman–Crippen MR) is 93.3 cm³/mol. The van der Waals surface area contributed by atoms with E-state index < -0.39 is 10.8 Å². The summed E-state index contributed by atoms with van der Waals surface area (Å²) in [6.07, 6.45) is 0.805. The largest absolute Gasteiger partial charge is 0.491 e. The average molecular weight is 369 g/mol. The maximum absolute atomic E-state index is 12.4. The van der Waals surface area contributed by atoms with Crippen molar-refractivity contribution in [3.8, 4) is 5.75 Å². The van der Waals surface area contributed by atoms with Gasteiger partial charge >= 0.3 is 0 Å². The maximum atomic E-state index is 12.4. The Morgan fingerprint density at radius 1 is 1.25 bits per heavy atom. The number of benzene rings is 2. The summed E-state index contributed by atoms with van der Waals surface area (Å²) in [6, 6.07) is 8.68. The highest BCUT2D eigenvalue weighted by Crippen LogP contribution is 2.30. The van der Waals surface area contributed by atoms with Gasteiger partial charge in [-0.1, -0.05) is 30.1 Å². The molecule has 0 radical (unpaired) electrons. The summed E-state index contributed by atoms with van der Waals surface area (Å²) in [5, 5.41) is 14.0. The summed E-state index contributed by atoms with van der Waals surface area (Å²) in [6.45, 7) is 2.44. The fraction of sp³-hybridized carbons (Fsp3) is 0.188. The normalized spacial score (nSPS) is 10.3. The van der Waals surface area contributed by atoms with Gasteiger partial charge in [-0.3, -0.25) is 14.9 Å². The third-order valence-corrected chi connectivity index (χ3v) is 3.61. The fourth-order valence-corrected chi connectivity index (χ4v) is 2.28. The van der Waals surface area contributed by atoms with Crippen molar-refractivity contribution in [2.75, 3.05) is 11.9 Å². The molecule has 2 rings (SSSR count). The van der Waals surface area contributed by atoms with Crippen LogP contribution in [0.2, 0.25) is 10.0 Å². The molecule has 0 unspecified atom stereocenters. The van der Waals surface area contributed by atoms with Crippen LogP contribution in [0, 0.1) is 10.1 Å². The summed E-state index contributed by atoms with van der Waals surface area (Å²) >= 11 is 11.7. The van der Waals surface area contributed by atoms with Crippen LogP contribution in [0.1, 0.15) is 23.7 Å². The second-order valence-corrected chi connectivity index (χ2v) is 5.71. The highest BCUT2D eigenvalue weighted by atomic mass is 35.5. The van der Waals surface area contributed by atoms with Gasteiger partial charge < -0.3 is 10.1 Å². The maximum Gasteiger partial charge on any atom is 0.288 e. The molecule has 1 N–H and O–H groups in total. The topological polar surface area (TPSA) is 81.5 Å². The molecule has 0 spiro atoms. The minimum Gasteiger partial charge on any atom is -0.491 e. The number of carbonyl (C=O) groups is 1. The number of nitrogens with zero attached hydrogens (tertiary/aromatic N) is 1. The number of nitro benzene ring substituents is 1. The molecule has 8 heteroatoms. The first-order chi connectivity index (χ1) is 11.4. The summed E-state index contributed by atoms with van der Waals surface area (Å²) in [7, 11) is 0. The number of rotatable bonds is 6. The third kappa shape index (κ3) is 4.37. The first-order valence-electron chi connectivity index (χ1n) is 7.10. The number of anilines is 1. The molecular formula is C16H14Cl2N2O4. The second kappa shape index (κ2) is 7.99. The molecule has 2 aromatic carbocycles. The zero-order chi connectivity index (χ0) is 17.7. The summed E-state index contributed by atoms with van der Waals surface area (Å²) in [5.74, 6) is -0.0588. The lowest BCUT2D eigenvalue weighted by molar-refractivity contribution is -0.384. The molecule has 0 aliphatic rings. The quantitative estimate of drug-likeness (QED) is 0.577. The Hall–Kier alpha value is -2.31. The van der Waals surface area contributed by atoms with Gasteiger partial charge in [-0.05, 0) is 36.8 Å². The van der Waals surface area contributed by atoms with Gasteiger partial charge in [-0.25, -0.2) is 0 Å². The van der Waals surface area contributed by atoms with Crippen LogP contribution in [0.5, 0.6) is 5.75 Å². The molecular weight excluding hydrogens is 355 g/mol. The van der Waals surface area contributed by atoms with Crippen LogP contribution < -0.4 is 10.1 Å². The highest BCUT2D eigenvalue weighted by Gasteiger charge is 2.17. The number of hydrogen-bond donors (Lipinski definition) is 1. The smallest absolute Gasteiger partial charge is 0.288 e. The lowest BCUT2D eigenvalue weighted by Gasteiger charge is -2.12. The number of halogens is 2. The highest BCUT2D eigenvalue weighted by molar-refractivity contribution is 6.33. The first-order valence-corrected chi connectivity index (χ1v) is 7.85. The van der Waals surface area contributed by atoms with Crippen molar-refractivity contribution < 1.29 is 14.5 Å². The SMILES string of the molecule is CCCOc1ccc(Cl)cc1NC(=O)c1ccc(Cl)c([N+](=O)[O-])c1. The van der Waals surface area contributed by atoms with E-state index >= 15 is 0 Å². The van der Waals surface area contributed by atoms with Gasteiger partial charge in [0.1, 0.15) is 10.8 Å². The van der Waals surface area contributed by atoms with E-state index in [0.29, 0.717) is 23.1 Å². The standard InChI is InChI=1S/C16H14Cl2N2O4/c1-2-7-24-15-6-4-11(17)9-13(15)19-16(21)10-3-5-12(18)14(8-10)20(22)23/h3-6,8-9H,2,7H2,1H3,(H,19,21). The van der Waals surface area contributed by atoms with Crippen LogP contribution in [0.3, 0.4) is 0 Å². The van der Waals surface area contributed by atoms with E-state index in [1.165, 1.54) is 12.1 Å². The number of carbonyl (C=O) groups excluding carboxylic acids is 1. The van der Waals surface area contributed by atoms with E-state index in [4.69, 9.17) is 27.9 Å². The Morgan fingerprint density at radius 3 is 2.67 bits per heavy atom. The van der Waals surface area contributed by atoms with Crippen molar-refractivity contribution in [2.24, 2.45) is 0 Å². The van der Waals surface area contributed by atoms with Gasteiger partial charge in [-0.15, -0.1) is 0 Å². The third-order valence-electron chi connectivity index (χ3n) is 3.06. The summed E-state index contributed by atoms with van der Waals surface area (Å²) in [5.41, 5.74) is 0.156. The molecule has 0 heterocycles. The molecule has 24 heavy (non-hydrogen) atoms. The minimum absolute atomic E-state index is 0.0359. The molecule has 1 amide bonds. The van der Waals surface area contributed by atoms with Crippen LogP contribution in [0.4, 0.5) is 11.4 Å². The Bertz CT molecular complexity index is 781. The second-order valence-electron chi connectivity index (χ2n) is 4.87. The van der Waals surface area contributed by atoms with Gasteiger partial charge in [0.15, 0.2) is 0 Å². The van der Waals surface area contributed by atoms with Gasteiger partial charge in [0, 0.05) is 16.7 Å². The summed E-state index contributed by atoms with van der Waals surface area (Å²) < 4.78 is 5.56. The van der Waals surface area contributed by atoms with E-state index in [1.807, 2.05) is 6.92 Å². The number of ether oxygens (including phenoxy) is 1. The Balaban J connectivity index is 2.28. The number of amides is 1. The zero-order valence-electron chi connectivity index (χ0n) is 12.7. The van der Waals surface area contributed by atoms with E-state index in [2.05, 4.69) is 5.32 Å². The minimum atomic E-state index is -0.645. The first kappa shape index (κ1) is 18.0. The van der Waals surface area contributed by atoms with Crippen LogP contribution >= 0.6 is 23.2 Å². The molecule has 126 valence electrons. The Kier molecular flexibility index (Phi) is 6.00. The van der Waals surface area contributed by atoms with Crippen LogP contribution in [0.25, 0.3) is 0 Å². The van der Waals surface area contributed by atoms with Crippen molar-refractivity contribution in [3.05, 3.63) is 62.1 Å². The van der Waals surface area contributed by atoms with Crippen LogP contribution in [0.15, 0.2) is 36.4 Å². The van der Waals surface area contributed by atoms with E-state index in [1.54, 1.807) is 18.2 Å². The molecule has 0 fully saturated rings. The molecule has 0 aromatic heterocycles. The molecule has 2 aromatic rings. The van der Waals surface area contributed by atoms with E-state index in [-0.39, 0.29) is 16.3 Å². The fourth-order valence-electron chi connectivity index (χ4n) is 1.93. The van der Waals surface area contributed by atoms with Crippen molar-refractivity contribution in [2.45, 2.75) is 13.3 Å². The molecule has 0 aliphatic heterocycles. The van der Waals surface area contributed by atoms with Gasteiger partial charge in [-0.2, -0.15) is 0 Å². The van der Waals surface area contributed by atoms with Crippen LogP contribution in [-0.4, -0.2) is 17.4 Å². The lowest BCUT2D eigenvalue weighted by Crippen LogP contribution is -2.13. The molecule has 0 atom stereocenters. The van der Waals surface area contributed by atoms with Gasteiger partial charge in [0.25, 0.3) is 11.6 Å². The molecule has 0 saturated heterocycles. The van der Waals surface area contributed by atoms with Crippen molar-refractivity contribution in [1.29, 1.82) is 0 Å². The molecule has 0 bridgehead atoms. The number of nitro groups is 1. The number of hydrogen-bond acceptors (Lipinski definition) is 4. The summed E-state index contributed by atoms with van der Waals surface area (Å²) in [4.78, 5) is 22.6. The molecule has 0 aliphatic carbocycles. The lowest BCUT2D eigenvalue weighted by atomic mass is 10.2. The number of nitrogens with one attached hydrogen (secondary N) is 1. The van der Waals surface area contributed by atoms with E-state index in [9.17, 15) is 14.9 Å².